The Kier molecular flexibility index (Phi) is 9.78. The highest BCUT2D eigenvalue weighted by atomic mass is 35.5. The summed E-state index contributed by atoms with van der Waals surface area (Å²) in [5.74, 6) is -3.45. The highest BCUT2D eigenvalue weighted by Crippen LogP contribution is 2.56. The molecule has 4 atom stereocenters. The third-order valence-electron chi connectivity index (χ3n) is 9.73. The van der Waals surface area contributed by atoms with Gasteiger partial charge in [0, 0.05) is 53.4 Å². The van der Waals surface area contributed by atoms with Crippen molar-refractivity contribution in [1.82, 2.24) is 5.32 Å². The maximum atomic E-state index is 14.3. The first-order valence-electron chi connectivity index (χ1n) is 16.0. The van der Waals surface area contributed by atoms with E-state index in [9.17, 15) is 24.3 Å². The smallest absolute Gasteiger partial charge is 0.232 e. The predicted molar refractivity (Wildman–Crippen MR) is 188 cm³/mol. The first kappa shape index (κ1) is 35.2. The van der Waals surface area contributed by atoms with E-state index in [0.717, 1.165) is 10.5 Å². The molecule has 0 aromatic heterocycles. The molecule has 50 heavy (non-hydrogen) atoms. The van der Waals surface area contributed by atoms with Gasteiger partial charge in [-0.1, -0.05) is 30.7 Å². The summed E-state index contributed by atoms with van der Waals surface area (Å²) in [5.41, 5.74) is 0.0231. The van der Waals surface area contributed by atoms with Crippen LogP contribution in [-0.4, -0.2) is 68.2 Å². The number of nitrogens with one attached hydrogen (secondary N) is 2. The molecule has 11 nitrogen and oxygen atoms in total. The fraction of sp³-hybridized carbons (Fsp3) is 0.351. The summed E-state index contributed by atoms with van der Waals surface area (Å²) in [6.45, 7) is 1.82. The minimum Gasteiger partial charge on any atom is -0.507 e. The van der Waals surface area contributed by atoms with E-state index in [0.29, 0.717) is 23.4 Å². The summed E-state index contributed by atoms with van der Waals surface area (Å²) in [5, 5.41) is 17.9. The lowest BCUT2D eigenvalue weighted by atomic mass is 9.69. The monoisotopic (exact) mass is 720 g/mol. The number of halogens is 1. The SMILES string of the molecule is COc1ccc2c(c1)C(CCNC(=O)CC(C1=C(O)C3(Oc4c(Cl)c(OC)cc(OC)c4C3=O)C(C)CC1=O)c1ccc(SC)cc1)C(=O)N2. The van der Waals surface area contributed by atoms with Crippen molar-refractivity contribution in [3.05, 3.63) is 81.6 Å². The topological polar surface area (TPSA) is 149 Å². The van der Waals surface area contributed by atoms with E-state index in [-0.39, 0.29) is 58.7 Å². The van der Waals surface area contributed by atoms with E-state index >= 15 is 0 Å². The number of anilines is 1. The van der Waals surface area contributed by atoms with Crippen LogP contribution in [0.4, 0.5) is 5.69 Å². The number of carbonyl (C=O) groups excluding carboxylic acids is 4. The van der Waals surface area contributed by atoms with Gasteiger partial charge in [-0.3, -0.25) is 19.2 Å². The second-order valence-electron chi connectivity index (χ2n) is 12.4. The third kappa shape index (κ3) is 5.83. The molecule has 3 aliphatic rings. The number of rotatable bonds is 11. The molecule has 4 unspecified atom stereocenters. The lowest BCUT2D eigenvalue weighted by Gasteiger charge is -2.38. The van der Waals surface area contributed by atoms with Gasteiger partial charge in [-0.05, 0) is 54.1 Å². The van der Waals surface area contributed by atoms with E-state index in [4.69, 9.17) is 30.5 Å². The van der Waals surface area contributed by atoms with Crippen molar-refractivity contribution in [2.24, 2.45) is 5.92 Å². The van der Waals surface area contributed by atoms with Gasteiger partial charge in [0.05, 0.1) is 27.2 Å². The Hall–Kier alpha value is -4.68. The molecule has 0 saturated carbocycles. The number of ether oxygens (including phenoxy) is 4. The van der Waals surface area contributed by atoms with Crippen LogP contribution >= 0.6 is 23.4 Å². The van der Waals surface area contributed by atoms with Gasteiger partial charge in [0.15, 0.2) is 17.3 Å². The molecule has 262 valence electrons. The van der Waals surface area contributed by atoms with Crippen molar-refractivity contribution in [2.75, 3.05) is 39.4 Å². The molecule has 2 heterocycles. The quantitative estimate of drug-likeness (QED) is 0.194. The van der Waals surface area contributed by atoms with Gasteiger partial charge in [0.2, 0.25) is 23.2 Å². The predicted octanol–water partition coefficient (Wildman–Crippen LogP) is 6.24. The van der Waals surface area contributed by atoms with E-state index in [2.05, 4.69) is 10.6 Å². The number of ketones is 2. The van der Waals surface area contributed by atoms with Gasteiger partial charge in [-0.15, -0.1) is 11.8 Å². The number of Topliss-reactive ketones (excluding diaryl/α,β-unsaturated/α-hetero) is 2. The first-order valence-corrected chi connectivity index (χ1v) is 17.6. The number of amides is 2. The molecule has 3 aromatic rings. The van der Waals surface area contributed by atoms with Gasteiger partial charge in [-0.25, -0.2) is 0 Å². The highest BCUT2D eigenvalue weighted by molar-refractivity contribution is 7.98. The van der Waals surface area contributed by atoms with Crippen LogP contribution in [-0.2, 0) is 14.4 Å². The van der Waals surface area contributed by atoms with Crippen molar-refractivity contribution in [3.8, 4) is 23.0 Å². The number of benzene rings is 3. The number of hydrogen-bond donors (Lipinski definition) is 3. The van der Waals surface area contributed by atoms with E-state index < -0.39 is 46.6 Å². The summed E-state index contributed by atoms with van der Waals surface area (Å²) in [6.07, 6.45) is 1.88. The van der Waals surface area contributed by atoms with Crippen molar-refractivity contribution >= 4 is 52.4 Å². The van der Waals surface area contributed by atoms with E-state index in [1.54, 1.807) is 44.4 Å². The zero-order valence-corrected chi connectivity index (χ0v) is 29.8. The molecule has 3 N–H and O–H groups in total. The fourth-order valence-corrected chi connectivity index (χ4v) is 7.77. The standard InChI is InChI=1S/C37H37ClN2O9S/c1-18-14-26(41)30(34(43)37(18)35(44)31-27(47-3)17-28(48-4)32(38)33(31)49-37)23(19-6-9-21(50-5)10-7-19)16-29(42)39-13-12-22-24-15-20(46-2)8-11-25(24)40-36(22)45/h6-11,15,17-18,22-23,43H,12-14,16H2,1-5H3,(H,39,42)(H,40,45). The summed E-state index contributed by atoms with van der Waals surface area (Å²) in [7, 11) is 4.35. The molecule has 0 saturated heterocycles. The van der Waals surface area contributed by atoms with Crippen LogP contribution in [0.1, 0.15) is 59.5 Å². The second-order valence-corrected chi connectivity index (χ2v) is 13.7. The summed E-state index contributed by atoms with van der Waals surface area (Å²) in [6, 6.07) is 14.1. The molecule has 0 radical (unpaired) electrons. The normalized spacial score (nSPS) is 21.4. The first-order chi connectivity index (χ1) is 24.0. The number of aliphatic hydroxyl groups excluding tert-OH is 1. The van der Waals surface area contributed by atoms with Crippen molar-refractivity contribution in [1.29, 1.82) is 0 Å². The maximum Gasteiger partial charge on any atom is 0.232 e. The number of hydrogen-bond acceptors (Lipinski definition) is 10. The van der Waals surface area contributed by atoms with Crippen LogP contribution in [0.25, 0.3) is 0 Å². The van der Waals surface area contributed by atoms with Crippen LogP contribution in [0.3, 0.4) is 0 Å². The lowest BCUT2D eigenvalue weighted by molar-refractivity contribution is -0.122. The van der Waals surface area contributed by atoms with Gasteiger partial charge < -0.3 is 34.7 Å². The average Bonchev–Trinajstić information content (AvgIpc) is 3.60. The largest absolute Gasteiger partial charge is 0.507 e. The van der Waals surface area contributed by atoms with E-state index in [1.807, 2.05) is 18.4 Å². The van der Waals surface area contributed by atoms with Gasteiger partial charge in [-0.2, -0.15) is 0 Å². The minimum atomic E-state index is -1.99. The number of methoxy groups -OCH3 is 3. The molecule has 0 bridgehead atoms. The number of allylic oxidation sites excluding steroid dienone is 1. The minimum absolute atomic E-state index is 0.0197. The molecule has 6 rings (SSSR count). The van der Waals surface area contributed by atoms with Crippen LogP contribution < -0.4 is 29.6 Å². The summed E-state index contributed by atoms with van der Waals surface area (Å²) < 4.78 is 22.5. The van der Waals surface area contributed by atoms with Crippen molar-refractivity contribution in [2.45, 2.75) is 48.5 Å². The lowest BCUT2D eigenvalue weighted by Crippen LogP contribution is -2.53. The van der Waals surface area contributed by atoms with Gasteiger partial charge >= 0.3 is 0 Å². The maximum absolute atomic E-state index is 14.3. The van der Waals surface area contributed by atoms with Crippen LogP contribution in [0.2, 0.25) is 5.02 Å². The average molecular weight is 721 g/mol. The molecule has 2 amide bonds. The molecular weight excluding hydrogens is 684 g/mol. The molecule has 1 spiro atoms. The highest BCUT2D eigenvalue weighted by Gasteiger charge is 2.61. The number of carbonyl (C=O) groups is 4. The zero-order valence-electron chi connectivity index (χ0n) is 28.2. The summed E-state index contributed by atoms with van der Waals surface area (Å²) >= 11 is 8.14. The second kappa shape index (κ2) is 13.9. The number of thioether (sulfide) groups is 1. The van der Waals surface area contributed by atoms with Crippen molar-refractivity contribution in [3.63, 3.8) is 0 Å². The summed E-state index contributed by atoms with van der Waals surface area (Å²) in [4.78, 5) is 55.6. The van der Waals surface area contributed by atoms with Crippen LogP contribution in [0, 0.1) is 5.92 Å². The molecule has 1 aliphatic carbocycles. The molecule has 3 aromatic carbocycles. The van der Waals surface area contributed by atoms with Crippen molar-refractivity contribution < 1.29 is 43.2 Å². The Morgan fingerprint density at radius 3 is 2.46 bits per heavy atom. The molecule has 2 aliphatic heterocycles. The van der Waals surface area contributed by atoms with Crippen LogP contribution in [0.15, 0.2) is 64.8 Å². The van der Waals surface area contributed by atoms with Gasteiger partial charge in [0.1, 0.15) is 27.8 Å². The van der Waals surface area contributed by atoms with Gasteiger partial charge in [0.25, 0.3) is 0 Å². The van der Waals surface area contributed by atoms with E-state index in [1.165, 1.54) is 32.0 Å². The fourth-order valence-electron chi connectivity index (χ4n) is 7.09. The Morgan fingerprint density at radius 2 is 1.80 bits per heavy atom. The zero-order chi connectivity index (χ0) is 35.9. The molecule has 0 fully saturated rings. The molecule has 13 heteroatoms. The van der Waals surface area contributed by atoms with Crippen LogP contribution in [0.5, 0.6) is 23.0 Å². The Balaban J connectivity index is 1.33. The number of aliphatic hydroxyl groups is 1. The Morgan fingerprint density at radius 1 is 1.08 bits per heavy atom. The number of fused-ring (bicyclic) bond motifs is 2. The third-order valence-corrected chi connectivity index (χ3v) is 10.8. The Labute approximate surface area is 298 Å². The Bertz CT molecular complexity index is 1930. The molecular formula is C37H37ClN2O9S.